The number of hydrogen-bond donors (Lipinski definition) is 0. The van der Waals surface area contributed by atoms with Crippen LogP contribution in [0.1, 0.15) is 25.1 Å². The third-order valence-electron chi connectivity index (χ3n) is 3.59. The summed E-state index contributed by atoms with van der Waals surface area (Å²) in [6.45, 7) is 12.8. The summed E-state index contributed by atoms with van der Waals surface area (Å²) >= 11 is 1.42. The van der Waals surface area contributed by atoms with Crippen molar-refractivity contribution in [1.82, 2.24) is 14.2 Å². The van der Waals surface area contributed by atoms with Gasteiger partial charge in [-0.05, 0) is 31.4 Å². The SMILES string of the molecule is C=CCN1CN(CC)CN(c2snc(CC)c2C)C1=O. The minimum absolute atomic E-state index is 0.0454. The standard InChI is InChI=1S/C14H22N4OS/c1-5-8-17-9-16(7-3)10-18(14(17)19)13-11(4)12(6-2)15-20-13/h5H,1,6-10H2,2-4H3. The molecule has 1 aliphatic rings. The van der Waals surface area contributed by atoms with Crippen molar-refractivity contribution < 1.29 is 4.79 Å². The molecule has 2 rings (SSSR count). The number of aryl methyl sites for hydroxylation is 1. The number of urea groups is 1. The zero-order chi connectivity index (χ0) is 14.7. The second kappa shape index (κ2) is 6.37. The maximum absolute atomic E-state index is 12.6. The van der Waals surface area contributed by atoms with Gasteiger partial charge in [0.05, 0.1) is 19.0 Å². The van der Waals surface area contributed by atoms with Crippen molar-refractivity contribution in [3.8, 4) is 0 Å². The number of amides is 2. The second-order valence-corrected chi connectivity index (χ2v) is 5.66. The Balaban J connectivity index is 2.29. The number of carbonyl (C=O) groups is 1. The lowest BCUT2D eigenvalue weighted by Crippen LogP contribution is -2.58. The minimum Gasteiger partial charge on any atom is -0.308 e. The normalized spacial score (nSPS) is 16.9. The van der Waals surface area contributed by atoms with Crippen molar-refractivity contribution in [2.45, 2.75) is 27.2 Å². The van der Waals surface area contributed by atoms with Crippen LogP contribution in [0.3, 0.4) is 0 Å². The van der Waals surface area contributed by atoms with Crippen molar-refractivity contribution in [3.63, 3.8) is 0 Å². The zero-order valence-electron chi connectivity index (χ0n) is 12.4. The molecule has 6 heteroatoms. The highest BCUT2D eigenvalue weighted by atomic mass is 32.1. The second-order valence-electron chi connectivity index (χ2n) is 4.90. The van der Waals surface area contributed by atoms with Crippen LogP contribution in [0.5, 0.6) is 0 Å². The van der Waals surface area contributed by atoms with Crippen molar-refractivity contribution in [2.24, 2.45) is 0 Å². The van der Waals surface area contributed by atoms with Gasteiger partial charge in [-0.1, -0.05) is 19.9 Å². The van der Waals surface area contributed by atoms with Gasteiger partial charge in [0.1, 0.15) is 5.00 Å². The Bertz CT molecular complexity index is 499. The molecule has 0 saturated carbocycles. The third-order valence-corrected chi connectivity index (χ3v) is 4.60. The van der Waals surface area contributed by atoms with Gasteiger partial charge < -0.3 is 4.90 Å². The van der Waals surface area contributed by atoms with E-state index in [1.165, 1.54) is 11.5 Å². The minimum atomic E-state index is 0.0454. The molecule has 1 aliphatic heterocycles. The lowest BCUT2D eigenvalue weighted by molar-refractivity contribution is 0.126. The first-order valence-corrected chi connectivity index (χ1v) is 7.74. The van der Waals surface area contributed by atoms with Gasteiger partial charge in [0.25, 0.3) is 0 Å². The van der Waals surface area contributed by atoms with E-state index in [9.17, 15) is 4.79 Å². The predicted molar refractivity (Wildman–Crippen MR) is 83.1 cm³/mol. The Morgan fingerprint density at radius 3 is 2.70 bits per heavy atom. The van der Waals surface area contributed by atoms with Crippen molar-refractivity contribution >= 4 is 22.6 Å². The summed E-state index contributed by atoms with van der Waals surface area (Å²) in [5, 5.41) is 0.971. The Hall–Kier alpha value is -1.40. The summed E-state index contributed by atoms with van der Waals surface area (Å²) in [4.78, 5) is 18.5. The van der Waals surface area contributed by atoms with Crippen molar-refractivity contribution in [1.29, 1.82) is 0 Å². The van der Waals surface area contributed by atoms with Crippen LogP contribution in [0.2, 0.25) is 0 Å². The van der Waals surface area contributed by atoms with Gasteiger partial charge in [0.15, 0.2) is 0 Å². The van der Waals surface area contributed by atoms with Gasteiger partial charge >= 0.3 is 6.03 Å². The van der Waals surface area contributed by atoms with Crippen LogP contribution in [-0.2, 0) is 6.42 Å². The molecule has 1 fully saturated rings. The molecule has 2 amide bonds. The molecule has 20 heavy (non-hydrogen) atoms. The molecule has 0 aromatic carbocycles. The van der Waals surface area contributed by atoms with Crippen LogP contribution in [0.25, 0.3) is 0 Å². The smallest absolute Gasteiger partial charge is 0.308 e. The fourth-order valence-corrected chi connectivity index (χ4v) is 3.31. The largest absolute Gasteiger partial charge is 0.327 e. The summed E-state index contributed by atoms with van der Waals surface area (Å²) in [5.74, 6) is 0. The average Bonchev–Trinajstić information content (AvgIpc) is 2.82. The maximum Gasteiger partial charge on any atom is 0.327 e. The number of nitrogens with zero attached hydrogens (tertiary/aromatic N) is 4. The number of aromatic nitrogens is 1. The monoisotopic (exact) mass is 294 g/mol. The van der Waals surface area contributed by atoms with Gasteiger partial charge in [-0.3, -0.25) is 9.80 Å². The Morgan fingerprint density at radius 2 is 2.15 bits per heavy atom. The van der Waals surface area contributed by atoms with Crippen LogP contribution < -0.4 is 4.90 Å². The molecule has 5 nitrogen and oxygen atoms in total. The zero-order valence-corrected chi connectivity index (χ0v) is 13.2. The highest BCUT2D eigenvalue weighted by Gasteiger charge is 2.32. The van der Waals surface area contributed by atoms with E-state index >= 15 is 0 Å². The van der Waals surface area contributed by atoms with Gasteiger partial charge in [-0.2, -0.15) is 4.37 Å². The number of rotatable bonds is 5. The van der Waals surface area contributed by atoms with Crippen molar-refractivity contribution in [3.05, 3.63) is 23.9 Å². The van der Waals surface area contributed by atoms with Crippen LogP contribution >= 0.6 is 11.5 Å². The number of hydrogen-bond acceptors (Lipinski definition) is 4. The molecule has 1 aromatic heterocycles. The van der Waals surface area contributed by atoms with Gasteiger partial charge in [-0.15, -0.1) is 6.58 Å². The van der Waals surface area contributed by atoms with E-state index < -0.39 is 0 Å². The van der Waals surface area contributed by atoms with Crippen LogP contribution in [0.4, 0.5) is 9.80 Å². The molecule has 110 valence electrons. The molecule has 1 aromatic rings. The molecule has 0 N–H and O–H groups in total. The molecule has 0 spiro atoms. The first kappa shape index (κ1) is 15.0. The highest BCUT2D eigenvalue weighted by Crippen LogP contribution is 2.30. The first-order chi connectivity index (χ1) is 9.62. The quantitative estimate of drug-likeness (QED) is 0.784. The van der Waals surface area contributed by atoms with Crippen LogP contribution in [0.15, 0.2) is 12.7 Å². The van der Waals surface area contributed by atoms with Crippen molar-refractivity contribution in [2.75, 3.05) is 31.3 Å². The molecule has 0 aliphatic carbocycles. The summed E-state index contributed by atoms with van der Waals surface area (Å²) in [5.41, 5.74) is 2.21. The van der Waals surface area contributed by atoms with E-state index in [1.54, 1.807) is 6.08 Å². The molecule has 0 unspecified atom stereocenters. The summed E-state index contributed by atoms with van der Waals surface area (Å²) in [6, 6.07) is 0.0454. The molecule has 2 heterocycles. The Labute approximate surface area is 124 Å². The van der Waals surface area contributed by atoms with Crippen LogP contribution in [0, 0.1) is 6.92 Å². The lowest BCUT2D eigenvalue weighted by Gasteiger charge is -2.40. The number of anilines is 1. The summed E-state index contributed by atoms with van der Waals surface area (Å²) in [6.07, 6.45) is 2.67. The molecule has 0 atom stereocenters. The molecule has 0 bridgehead atoms. The Morgan fingerprint density at radius 1 is 1.40 bits per heavy atom. The van der Waals surface area contributed by atoms with E-state index in [2.05, 4.69) is 29.7 Å². The average molecular weight is 294 g/mol. The lowest BCUT2D eigenvalue weighted by atomic mass is 10.2. The summed E-state index contributed by atoms with van der Waals surface area (Å²) < 4.78 is 4.46. The highest BCUT2D eigenvalue weighted by molar-refractivity contribution is 7.10. The molecule has 0 radical (unpaired) electrons. The third kappa shape index (κ3) is 2.71. The Kier molecular flexibility index (Phi) is 4.77. The van der Waals surface area contributed by atoms with Gasteiger partial charge in [0.2, 0.25) is 0 Å². The molecule has 1 saturated heterocycles. The van der Waals surface area contributed by atoms with E-state index in [4.69, 9.17) is 0 Å². The van der Waals surface area contributed by atoms with E-state index in [-0.39, 0.29) is 6.03 Å². The molecular formula is C14H22N4OS. The number of carbonyl (C=O) groups excluding carboxylic acids is 1. The summed E-state index contributed by atoms with van der Waals surface area (Å²) in [7, 11) is 0. The predicted octanol–water partition coefficient (Wildman–Crippen LogP) is 2.68. The van der Waals surface area contributed by atoms with Crippen LogP contribution in [-0.4, -0.2) is 46.6 Å². The fourth-order valence-electron chi connectivity index (χ4n) is 2.36. The van der Waals surface area contributed by atoms with E-state index in [0.717, 1.165) is 29.2 Å². The fraction of sp³-hybridized carbons (Fsp3) is 0.571. The maximum atomic E-state index is 12.6. The first-order valence-electron chi connectivity index (χ1n) is 6.97. The molecular weight excluding hydrogens is 272 g/mol. The van der Waals surface area contributed by atoms with Gasteiger partial charge in [0, 0.05) is 12.1 Å². The van der Waals surface area contributed by atoms with Gasteiger partial charge in [-0.25, -0.2) is 4.79 Å². The topological polar surface area (TPSA) is 39.7 Å². The van der Waals surface area contributed by atoms with E-state index in [1.807, 2.05) is 16.7 Å². The van der Waals surface area contributed by atoms with E-state index in [0.29, 0.717) is 19.9 Å².